The monoisotopic (exact) mass is 286 g/mol. The van der Waals surface area contributed by atoms with Gasteiger partial charge in [0.25, 0.3) is 0 Å². The van der Waals surface area contributed by atoms with Crippen molar-refractivity contribution in [3.05, 3.63) is 0 Å². The summed E-state index contributed by atoms with van der Waals surface area (Å²) < 4.78 is 0. The number of carboxylic acids is 1. The summed E-state index contributed by atoms with van der Waals surface area (Å²) in [7, 11) is 0. The molecule has 2 heterocycles. The number of thioether (sulfide) groups is 1. The van der Waals surface area contributed by atoms with E-state index in [0.29, 0.717) is 12.6 Å². The van der Waals surface area contributed by atoms with Gasteiger partial charge in [-0.2, -0.15) is 11.8 Å². The van der Waals surface area contributed by atoms with Gasteiger partial charge in [0, 0.05) is 30.6 Å². The summed E-state index contributed by atoms with van der Waals surface area (Å²) >= 11 is 1.74. The lowest BCUT2D eigenvalue weighted by Gasteiger charge is -2.38. The number of rotatable bonds is 3. The van der Waals surface area contributed by atoms with Crippen molar-refractivity contribution in [1.82, 2.24) is 9.80 Å². The molecule has 0 bridgehead atoms. The number of hydrogen-bond donors (Lipinski definition) is 1. The van der Waals surface area contributed by atoms with E-state index in [1.54, 1.807) is 16.7 Å². The average molecular weight is 286 g/mol. The molecule has 2 atom stereocenters. The third kappa shape index (κ3) is 3.35. The Kier molecular flexibility index (Phi) is 4.96. The molecule has 2 amide bonds. The summed E-state index contributed by atoms with van der Waals surface area (Å²) in [6.07, 6.45) is 3.19. The molecular formula is C13H22N2O3S. The molecule has 0 aromatic heterocycles. The molecule has 0 saturated carbocycles. The first-order chi connectivity index (χ1) is 9.13. The van der Waals surface area contributed by atoms with Crippen molar-refractivity contribution in [2.45, 2.75) is 44.7 Å². The van der Waals surface area contributed by atoms with Crippen LogP contribution in [0, 0.1) is 0 Å². The van der Waals surface area contributed by atoms with E-state index < -0.39 is 5.97 Å². The zero-order chi connectivity index (χ0) is 13.8. The third-order valence-corrected chi connectivity index (χ3v) is 5.07. The Morgan fingerprint density at radius 3 is 2.68 bits per heavy atom. The predicted octanol–water partition coefficient (Wildman–Crippen LogP) is 1.87. The van der Waals surface area contributed by atoms with E-state index in [9.17, 15) is 9.59 Å². The molecule has 108 valence electrons. The van der Waals surface area contributed by atoms with Crippen LogP contribution in [0.15, 0.2) is 0 Å². The number of carbonyl (C=O) groups excluding carboxylic acids is 1. The molecule has 1 N–H and O–H groups in total. The third-order valence-electron chi connectivity index (χ3n) is 3.98. The second-order valence-corrected chi connectivity index (χ2v) is 6.35. The highest BCUT2D eigenvalue weighted by Gasteiger charge is 2.35. The normalized spacial score (nSPS) is 27.6. The fraction of sp³-hybridized carbons (Fsp3) is 0.846. The molecule has 5 nitrogen and oxygen atoms in total. The van der Waals surface area contributed by atoms with Gasteiger partial charge in [0.1, 0.15) is 0 Å². The lowest BCUT2D eigenvalue weighted by atomic mass is 10.1. The number of urea groups is 1. The summed E-state index contributed by atoms with van der Waals surface area (Å²) in [6.45, 7) is 3.60. The molecule has 19 heavy (non-hydrogen) atoms. The van der Waals surface area contributed by atoms with E-state index in [0.717, 1.165) is 37.3 Å². The van der Waals surface area contributed by atoms with Crippen LogP contribution in [0.5, 0.6) is 0 Å². The zero-order valence-corrected chi connectivity index (χ0v) is 12.2. The van der Waals surface area contributed by atoms with Crippen molar-refractivity contribution >= 4 is 23.8 Å². The highest BCUT2D eigenvalue weighted by atomic mass is 32.2. The topological polar surface area (TPSA) is 60.9 Å². The number of nitrogens with zero attached hydrogens (tertiary/aromatic N) is 2. The predicted molar refractivity (Wildman–Crippen MR) is 75.5 cm³/mol. The summed E-state index contributed by atoms with van der Waals surface area (Å²) in [6, 6.07) is 0.241. The van der Waals surface area contributed by atoms with Crippen LogP contribution in [0.1, 0.15) is 32.6 Å². The number of aliphatic carboxylic acids is 1. The summed E-state index contributed by atoms with van der Waals surface area (Å²) in [5.41, 5.74) is 0. The summed E-state index contributed by atoms with van der Waals surface area (Å²) in [4.78, 5) is 27.3. The lowest BCUT2D eigenvalue weighted by Crippen LogP contribution is -2.53. The quantitative estimate of drug-likeness (QED) is 0.860. The number of likely N-dealkylation sites (tertiary alicyclic amines) is 1. The standard InChI is InChI=1S/C13H22N2O3S/c1-2-10-4-3-5-14(10)13(18)15-6-7-19-9-11(15)8-12(16)17/h10-11H,2-9H2,1H3,(H,16,17). The van der Waals surface area contributed by atoms with E-state index in [2.05, 4.69) is 6.92 Å². The molecule has 0 spiro atoms. The second kappa shape index (κ2) is 6.50. The molecule has 2 aliphatic rings. The van der Waals surface area contributed by atoms with E-state index in [4.69, 9.17) is 5.11 Å². The Hall–Kier alpha value is -0.910. The maximum absolute atomic E-state index is 12.6. The van der Waals surface area contributed by atoms with Crippen LogP contribution in [0.4, 0.5) is 4.79 Å². The first kappa shape index (κ1) is 14.5. The van der Waals surface area contributed by atoms with Crippen molar-refractivity contribution in [2.24, 2.45) is 0 Å². The van der Waals surface area contributed by atoms with Gasteiger partial charge >= 0.3 is 12.0 Å². The van der Waals surface area contributed by atoms with E-state index in [-0.39, 0.29) is 18.5 Å². The maximum atomic E-state index is 12.6. The molecule has 0 aromatic rings. The van der Waals surface area contributed by atoms with Gasteiger partial charge in [-0.3, -0.25) is 4.79 Å². The molecule has 6 heteroatoms. The Morgan fingerprint density at radius 1 is 1.26 bits per heavy atom. The van der Waals surface area contributed by atoms with Crippen molar-refractivity contribution in [2.75, 3.05) is 24.6 Å². The minimum Gasteiger partial charge on any atom is -0.481 e. The Bertz CT molecular complexity index is 351. The molecule has 0 aromatic carbocycles. The van der Waals surface area contributed by atoms with Crippen molar-refractivity contribution < 1.29 is 14.7 Å². The largest absolute Gasteiger partial charge is 0.481 e. The molecule has 2 aliphatic heterocycles. The SMILES string of the molecule is CCC1CCCN1C(=O)N1CCSCC1CC(=O)O. The lowest BCUT2D eigenvalue weighted by molar-refractivity contribution is -0.138. The Balaban J connectivity index is 2.04. The number of hydrogen-bond acceptors (Lipinski definition) is 3. The molecule has 0 aliphatic carbocycles. The maximum Gasteiger partial charge on any atom is 0.320 e. The minimum absolute atomic E-state index is 0.0518. The molecule has 0 radical (unpaired) electrons. The van der Waals surface area contributed by atoms with E-state index in [1.807, 2.05) is 4.90 Å². The van der Waals surface area contributed by atoms with Crippen LogP contribution >= 0.6 is 11.8 Å². The first-order valence-electron chi connectivity index (χ1n) is 7.00. The molecule has 2 fully saturated rings. The smallest absolute Gasteiger partial charge is 0.320 e. The van der Waals surface area contributed by atoms with Gasteiger partial charge in [-0.1, -0.05) is 6.92 Å². The van der Waals surface area contributed by atoms with Gasteiger partial charge in [0.2, 0.25) is 0 Å². The average Bonchev–Trinajstić information content (AvgIpc) is 2.86. The van der Waals surface area contributed by atoms with E-state index >= 15 is 0 Å². The molecular weight excluding hydrogens is 264 g/mol. The summed E-state index contributed by atoms with van der Waals surface area (Å²) in [5, 5.41) is 8.97. The Labute approximate surface area is 118 Å². The number of carbonyl (C=O) groups is 2. The fourth-order valence-corrected chi connectivity index (χ4v) is 4.02. The molecule has 2 rings (SSSR count). The highest BCUT2D eigenvalue weighted by molar-refractivity contribution is 7.99. The van der Waals surface area contributed by atoms with Crippen molar-refractivity contribution in [1.29, 1.82) is 0 Å². The highest BCUT2D eigenvalue weighted by Crippen LogP contribution is 2.25. The van der Waals surface area contributed by atoms with Crippen molar-refractivity contribution in [3.63, 3.8) is 0 Å². The van der Waals surface area contributed by atoms with Crippen LogP contribution < -0.4 is 0 Å². The number of carboxylic acid groups (broad SMARTS) is 1. The summed E-state index contributed by atoms with van der Waals surface area (Å²) in [5.74, 6) is 0.827. The fourth-order valence-electron chi connectivity index (χ4n) is 2.95. The molecule has 2 unspecified atom stereocenters. The van der Waals surface area contributed by atoms with Crippen molar-refractivity contribution in [3.8, 4) is 0 Å². The molecule has 2 saturated heterocycles. The van der Waals surface area contributed by atoms with Crippen LogP contribution in [0.2, 0.25) is 0 Å². The number of amides is 2. The van der Waals surface area contributed by atoms with Crippen LogP contribution in [0.3, 0.4) is 0 Å². The van der Waals surface area contributed by atoms with Gasteiger partial charge in [0.15, 0.2) is 0 Å². The van der Waals surface area contributed by atoms with Gasteiger partial charge < -0.3 is 14.9 Å². The van der Waals surface area contributed by atoms with Crippen LogP contribution in [-0.2, 0) is 4.79 Å². The van der Waals surface area contributed by atoms with Crippen LogP contribution in [-0.4, -0.2) is 63.6 Å². The van der Waals surface area contributed by atoms with E-state index in [1.165, 1.54) is 0 Å². The van der Waals surface area contributed by atoms with Crippen LogP contribution in [0.25, 0.3) is 0 Å². The second-order valence-electron chi connectivity index (χ2n) is 5.20. The van der Waals surface area contributed by atoms with Gasteiger partial charge in [-0.25, -0.2) is 4.79 Å². The minimum atomic E-state index is -0.821. The van der Waals surface area contributed by atoms with Gasteiger partial charge in [-0.05, 0) is 19.3 Å². The van der Waals surface area contributed by atoms with Gasteiger partial charge in [0.05, 0.1) is 12.5 Å². The van der Waals surface area contributed by atoms with Gasteiger partial charge in [-0.15, -0.1) is 0 Å². The zero-order valence-electron chi connectivity index (χ0n) is 11.4. The Morgan fingerprint density at radius 2 is 2.00 bits per heavy atom. The first-order valence-corrected chi connectivity index (χ1v) is 8.15.